The highest BCUT2D eigenvalue weighted by Gasteiger charge is 2.52. The van der Waals surface area contributed by atoms with Crippen molar-refractivity contribution in [2.24, 2.45) is 21.1 Å². The molecule has 2 N–H and O–H groups in total. The van der Waals surface area contributed by atoms with E-state index in [1.165, 1.54) is 24.2 Å². The molecular formula is C27H32BrN4O2+. The van der Waals surface area contributed by atoms with Gasteiger partial charge in [-0.1, -0.05) is 54.9 Å². The third-order valence-corrected chi connectivity index (χ3v) is 8.12. The molecule has 1 aromatic heterocycles. The van der Waals surface area contributed by atoms with Crippen molar-refractivity contribution in [1.82, 2.24) is 4.57 Å². The van der Waals surface area contributed by atoms with Crippen molar-refractivity contribution < 1.29 is 14.8 Å². The molecule has 1 aliphatic heterocycles. The average Bonchev–Trinajstić information content (AvgIpc) is 3.14. The molecule has 34 heavy (non-hydrogen) atoms. The number of aromatic nitrogens is 1. The van der Waals surface area contributed by atoms with Gasteiger partial charge in [0.05, 0.1) is 18.1 Å². The molecule has 1 saturated heterocycles. The van der Waals surface area contributed by atoms with Crippen LogP contribution in [0.4, 0.5) is 5.69 Å². The number of nitrogens with one attached hydrogen (secondary N) is 1. The highest BCUT2D eigenvalue weighted by Crippen LogP contribution is 2.47. The Kier molecular flexibility index (Phi) is 5.68. The van der Waals surface area contributed by atoms with Gasteiger partial charge in [0, 0.05) is 33.7 Å². The van der Waals surface area contributed by atoms with Gasteiger partial charge in [0.15, 0.2) is 12.4 Å². The number of benzene rings is 2. The van der Waals surface area contributed by atoms with Crippen LogP contribution in [0, 0.1) is 17.8 Å². The van der Waals surface area contributed by atoms with Gasteiger partial charge in [-0.2, -0.15) is 0 Å². The second-order valence-electron chi connectivity index (χ2n) is 11.3. The summed E-state index contributed by atoms with van der Waals surface area (Å²) in [6, 6.07) is 13.8. The minimum atomic E-state index is -0.414. The van der Waals surface area contributed by atoms with E-state index in [-0.39, 0.29) is 5.88 Å². The molecule has 6 nitrogen and oxygen atoms in total. The molecule has 5 rings (SSSR count). The molecule has 3 aromatic rings. The lowest BCUT2D eigenvalue weighted by molar-refractivity contribution is -0.936. The van der Waals surface area contributed by atoms with Crippen LogP contribution in [0.3, 0.4) is 0 Å². The van der Waals surface area contributed by atoms with Crippen LogP contribution in [0.25, 0.3) is 10.9 Å². The predicted molar refractivity (Wildman–Crippen MR) is 137 cm³/mol. The van der Waals surface area contributed by atoms with Gasteiger partial charge in [0.25, 0.3) is 5.91 Å². The molecule has 2 bridgehead atoms. The van der Waals surface area contributed by atoms with Crippen molar-refractivity contribution in [3.63, 3.8) is 0 Å². The number of likely N-dealkylation sites (tertiary alicyclic amines) is 1. The summed E-state index contributed by atoms with van der Waals surface area (Å²) in [5, 5.41) is 20.3. The van der Waals surface area contributed by atoms with Crippen LogP contribution < -0.4 is 4.90 Å². The topological polar surface area (TPSA) is 71.4 Å². The van der Waals surface area contributed by atoms with Crippen LogP contribution in [-0.4, -0.2) is 28.2 Å². The Balaban J connectivity index is 1.50. The monoisotopic (exact) mass is 523 g/mol. The number of nitrogens with zero attached hydrogens (tertiary/aromatic N) is 3. The molecule has 2 aromatic carbocycles. The minimum absolute atomic E-state index is 0.0628. The lowest BCUT2D eigenvalue weighted by Gasteiger charge is -2.37. The average molecular weight is 524 g/mol. The number of rotatable bonds is 4. The standard InChI is InChI=1S/C27H31BrN4O2/c1-17-7-5-6-8-20(17)24(33)30-29-23-21-11-18(28)9-10-22(21)32(25(23)34)16-31-15-27(4)13-19(31)12-26(2,3)14-27/h5-11,19,34H,12-16H2,1-4H3/p+1/t19-,27-/m0/s1. The Morgan fingerprint density at radius 2 is 1.97 bits per heavy atom. The molecule has 0 spiro atoms. The molecule has 7 heteroatoms. The molecule has 0 radical (unpaired) electrons. The van der Waals surface area contributed by atoms with Crippen LogP contribution in [0.15, 0.2) is 57.2 Å². The summed E-state index contributed by atoms with van der Waals surface area (Å²) >= 11 is 3.54. The largest absolute Gasteiger partial charge is 0.493 e. The number of carbonyl (C=O) groups is 1. The Bertz CT molecular complexity index is 1310. The zero-order valence-electron chi connectivity index (χ0n) is 20.2. The first-order valence-corrected chi connectivity index (χ1v) is 12.7. The van der Waals surface area contributed by atoms with Gasteiger partial charge >= 0.3 is 0 Å². The van der Waals surface area contributed by atoms with E-state index >= 15 is 0 Å². The van der Waals surface area contributed by atoms with Gasteiger partial charge in [-0.15, -0.1) is 10.2 Å². The summed E-state index contributed by atoms with van der Waals surface area (Å²) in [4.78, 5) is 14.2. The predicted octanol–water partition coefficient (Wildman–Crippen LogP) is 5.78. The maximum Gasteiger partial charge on any atom is 0.295 e. The summed E-state index contributed by atoms with van der Waals surface area (Å²) in [6.45, 7) is 10.8. The van der Waals surface area contributed by atoms with Gasteiger partial charge in [-0.25, -0.2) is 0 Å². The fourth-order valence-corrected chi connectivity index (χ4v) is 7.02. The van der Waals surface area contributed by atoms with Crippen molar-refractivity contribution in [2.75, 3.05) is 6.54 Å². The number of amides is 1. The number of halogens is 1. The normalized spacial score (nSPS) is 25.9. The van der Waals surface area contributed by atoms with Gasteiger partial charge in [-0.3, -0.25) is 9.36 Å². The maximum absolute atomic E-state index is 12.7. The third-order valence-electron chi connectivity index (χ3n) is 7.62. The van der Waals surface area contributed by atoms with E-state index in [0.717, 1.165) is 27.5 Å². The molecule has 3 atom stereocenters. The second-order valence-corrected chi connectivity index (χ2v) is 12.2. The number of azo groups is 1. The number of quaternary nitrogens is 1. The first-order valence-electron chi connectivity index (χ1n) is 11.9. The highest BCUT2D eigenvalue weighted by molar-refractivity contribution is 9.10. The van der Waals surface area contributed by atoms with E-state index in [9.17, 15) is 9.90 Å². The van der Waals surface area contributed by atoms with Crippen molar-refractivity contribution in [3.05, 3.63) is 58.1 Å². The minimum Gasteiger partial charge on any atom is -0.493 e. The summed E-state index contributed by atoms with van der Waals surface area (Å²) in [7, 11) is 0. The van der Waals surface area contributed by atoms with Gasteiger partial charge < -0.3 is 10.0 Å². The first-order chi connectivity index (χ1) is 16.1. The maximum atomic E-state index is 12.7. The third kappa shape index (κ3) is 4.20. The van der Waals surface area contributed by atoms with Crippen molar-refractivity contribution in [2.45, 2.75) is 59.7 Å². The van der Waals surface area contributed by atoms with Crippen LogP contribution in [0.1, 0.15) is 56.0 Å². The van der Waals surface area contributed by atoms with Crippen LogP contribution in [-0.2, 0) is 6.67 Å². The van der Waals surface area contributed by atoms with E-state index < -0.39 is 5.91 Å². The van der Waals surface area contributed by atoms with Gasteiger partial charge in [0.1, 0.15) is 0 Å². The number of aromatic hydroxyl groups is 1. The number of hydrogen-bond donors (Lipinski definition) is 2. The van der Waals surface area contributed by atoms with Crippen LogP contribution >= 0.6 is 15.9 Å². The van der Waals surface area contributed by atoms with Crippen LogP contribution in [0.2, 0.25) is 0 Å². The zero-order chi connectivity index (χ0) is 24.3. The Morgan fingerprint density at radius 1 is 1.21 bits per heavy atom. The molecule has 1 unspecified atom stereocenters. The Labute approximate surface area is 208 Å². The van der Waals surface area contributed by atoms with Crippen molar-refractivity contribution >= 4 is 38.4 Å². The number of aryl methyl sites for hydroxylation is 1. The summed E-state index contributed by atoms with van der Waals surface area (Å²) in [5.41, 5.74) is 3.29. The van der Waals surface area contributed by atoms with E-state index in [1.807, 2.05) is 47.9 Å². The fourth-order valence-electron chi connectivity index (χ4n) is 6.65. The van der Waals surface area contributed by atoms with Gasteiger partial charge in [0.2, 0.25) is 5.88 Å². The van der Waals surface area contributed by atoms with Crippen molar-refractivity contribution in [1.29, 1.82) is 0 Å². The molecule has 1 amide bonds. The molecule has 2 heterocycles. The summed E-state index contributed by atoms with van der Waals surface area (Å²) in [6.07, 6.45) is 3.67. The fraction of sp³-hybridized carbons (Fsp3) is 0.444. The quantitative estimate of drug-likeness (QED) is 0.425. The molecule has 1 aliphatic carbocycles. The first kappa shape index (κ1) is 23.2. The molecular weight excluding hydrogens is 492 g/mol. The number of hydrogen-bond acceptors (Lipinski definition) is 3. The molecule has 1 saturated carbocycles. The molecule has 2 fully saturated rings. The lowest BCUT2D eigenvalue weighted by atomic mass is 9.65. The van der Waals surface area contributed by atoms with Crippen molar-refractivity contribution in [3.8, 4) is 5.88 Å². The summed E-state index contributed by atoms with van der Waals surface area (Å²) in [5.74, 6) is -0.352. The molecule has 2 aliphatic rings. The Morgan fingerprint density at radius 3 is 2.74 bits per heavy atom. The van der Waals surface area contributed by atoms with E-state index in [1.54, 1.807) is 6.07 Å². The van der Waals surface area contributed by atoms with E-state index in [2.05, 4.69) is 46.9 Å². The summed E-state index contributed by atoms with van der Waals surface area (Å²) < 4.78 is 2.83. The van der Waals surface area contributed by atoms with E-state index in [4.69, 9.17) is 0 Å². The SMILES string of the molecule is Cc1ccccc1C(=O)N=Nc1c(O)n(C[NH+]2C[C@@]3(C)C[C@@H]2CC(C)(C)C3)c2ccc(Br)cc12. The molecule has 178 valence electrons. The number of fused-ring (bicyclic) bond motifs is 3. The lowest BCUT2D eigenvalue weighted by Crippen LogP contribution is -3.13. The zero-order valence-corrected chi connectivity index (χ0v) is 21.8. The second kappa shape index (κ2) is 8.31. The number of carbonyl (C=O) groups excluding carboxylic acids is 1. The smallest absolute Gasteiger partial charge is 0.295 e. The highest BCUT2D eigenvalue weighted by atomic mass is 79.9. The van der Waals surface area contributed by atoms with E-state index in [0.29, 0.717) is 34.8 Å². The van der Waals surface area contributed by atoms with Gasteiger partial charge in [-0.05, 0) is 48.6 Å². The van der Waals surface area contributed by atoms with Crippen LogP contribution in [0.5, 0.6) is 5.88 Å². The Hall–Kier alpha value is -2.51.